The van der Waals surface area contributed by atoms with Gasteiger partial charge in [0.2, 0.25) is 5.91 Å². The quantitative estimate of drug-likeness (QED) is 0.837. The fraction of sp³-hybridized carbons (Fsp3) is 0.733. The molecule has 1 fully saturated rings. The molecule has 0 N–H and O–H groups in total. The molecule has 1 saturated heterocycles. The molecule has 4 nitrogen and oxygen atoms in total. The van der Waals surface area contributed by atoms with Crippen molar-refractivity contribution in [1.29, 1.82) is 0 Å². The Labute approximate surface area is 125 Å². The minimum Gasteiger partial charge on any atom is -0.341 e. The van der Waals surface area contributed by atoms with E-state index in [0.29, 0.717) is 5.91 Å². The van der Waals surface area contributed by atoms with E-state index in [4.69, 9.17) is 0 Å². The number of nitrogens with zero attached hydrogens (tertiary/aromatic N) is 3. The van der Waals surface area contributed by atoms with Crippen LogP contribution >= 0.6 is 11.3 Å². The molecule has 0 bridgehead atoms. The Morgan fingerprint density at radius 2 is 2.20 bits per heavy atom. The lowest BCUT2D eigenvalue weighted by molar-refractivity contribution is -0.127. The molecule has 0 spiro atoms. The number of hydrogen-bond donors (Lipinski definition) is 0. The first-order chi connectivity index (χ1) is 9.36. The predicted molar refractivity (Wildman–Crippen MR) is 83.0 cm³/mol. The summed E-state index contributed by atoms with van der Waals surface area (Å²) in [5.74, 6) is 0.311. The van der Waals surface area contributed by atoms with Gasteiger partial charge in [0.1, 0.15) is 0 Å². The van der Waals surface area contributed by atoms with Gasteiger partial charge in [0.05, 0.1) is 5.01 Å². The molecule has 0 unspecified atom stereocenters. The van der Waals surface area contributed by atoms with Crippen LogP contribution in [0.15, 0.2) is 6.20 Å². The average molecular weight is 295 g/mol. The molecule has 0 atom stereocenters. The average Bonchev–Trinajstić information content (AvgIpc) is 2.95. The van der Waals surface area contributed by atoms with Gasteiger partial charge in [-0.25, -0.2) is 4.98 Å². The van der Waals surface area contributed by atoms with Crippen molar-refractivity contribution >= 4 is 17.2 Å². The molecule has 2 rings (SSSR count). The van der Waals surface area contributed by atoms with Crippen LogP contribution in [0.2, 0.25) is 0 Å². The molecule has 2 heterocycles. The van der Waals surface area contributed by atoms with Crippen LogP contribution < -0.4 is 0 Å². The molecule has 1 aliphatic heterocycles. The summed E-state index contributed by atoms with van der Waals surface area (Å²) in [4.78, 5) is 21.6. The Morgan fingerprint density at radius 3 is 2.75 bits per heavy atom. The third kappa shape index (κ3) is 4.03. The summed E-state index contributed by atoms with van der Waals surface area (Å²) in [5, 5.41) is 1.19. The summed E-state index contributed by atoms with van der Waals surface area (Å²) < 4.78 is 0. The highest BCUT2D eigenvalue weighted by Gasteiger charge is 2.21. The van der Waals surface area contributed by atoms with Crippen molar-refractivity contribution in [2.45, 2.75) is 45.6 Å². The van der Waals surface area contributed by atoms with E-state index in [-0.39, 0.29) is 5.41 Å². The number of hydrogen-bond acceptors (Lipinski definition) is 4. The maximum Gasteiger partial charge on any atom is 0.222 e. The number of aromatic nitrogens is 1. The van der Waals surface area contributed by atoms with E-state index in [2.05, 4.69) is 37.7 Å². The second kappa shape index (κ2) is 6.22. The van der Waals surface area contributed by atoms with E-state index in [0.717, 1.165) is 39.0 Å². The zero-order valence-corrected chi connectivity index (χ0v) is 13.8. The van der Waals surface area contributed by atoms with E-state index in [1.54, 1.807) is 11.3 Å². The molecule has 0 aromatic carbocycles. The van der Waals surface area contributed by atoms with Gasteiger partial charge in [0.25, 0.3) is 0 Å². The van der Waals surface area contributed by atoms with Gasteiger partial charge in [-0.05, 0) is 13.5 Å². The van der Waals surface area contributed by atoms with Crippen LogP contribution in [0.5, 0.6) is 0 Å². The van der Waals surface area contributed by atoms with E-state index in [1.165, 1.54) is 9.88 Å². The fourth-order valence-electron chi connectivity index (χ4n) is 2.30. The van der Waals surface area contributed by atoms with Crippen molar-refractivity contribution in [1.82, 2.24) is 14.8 Å². The second-order valence-electron chi connectivity index (χ2n) is 6.60. The second-order valence-corrected chi connectivity index (χ2v) is 7.72. The molecule has 1 amide bonds. The fourth-order valence-corrected chi connectivity index (χ4v) is 3.35. The van der Waals surface area contributed by atoms with Gasteiger partial charge < -0.3 is 4.90 Å². The van der Waals surface area contributed by atoms with E-state index in [9.17, 15) is 4.79 Å². The number of likely N-dealkylation sites (N-methyl/N-ethyl adjacent to an activating group) is 1. The Bertz CT molecular complexity index is 464. The van der Waals surface area contributed by atoms with Crippen molar-refractivity contribution < 1.29 is 4.79 Å². The van der Waals surface area contributed by atoms with Crippen molar-refractivity contribution in [3.8, 4) is 0 Å². The lowest BCUT2D eigenvalue weighted by atomic mass is 9.98. The molecule has 1 aromatic heterocycles. The van der Waals surface area contributed by atoms with E-state index < -0.39 is 0 Å². The number of thiazole rings is 1. The molecule has 112 valence electrons. The largest absolute Gasteiger partial charge is 0.341 e. The molecule has 5 heteroatoms. The zero-order valence-electron chi connectivity index (χ0n) is 13.0. The Morgan fingerprint density at radius 1 is 1.45 bits per heavy atom. The topological polar surface area (TPSA) is 36.4 Å². The van der Waals surface area contributed by atoms with Crippen LogP contribution in [0.4, 0.5) is 0 Å². The van der Waals surface area contributed by atoms with Gasteiger partial charge in [0.15, 0.2) is 0 Å². The lowest BCUT2D eigenvalue weighted by Crippen LogP contribution is -2.33. The summed E-state index contributed by atoms with van der Waals surface area (Å²) in [6, 6.07) is 0. The number of carbonyl (C=O) groups is 1. The molecular formula is C15H25N3OS. The SMILES string of the molecule is CN(CCN1CCCC1=O)Cc1cnc(C(C)(C)C)s1. The van der Waals surface area contributed by atoms with Gasteiger partial charge in [-0.1, -0.05) is 20.8 Å². The maximum absolute atomic E-state index is 11.6. The van der Waals surface area contributed by atoms with Crippen LogP contribution in [0, 0.1) is 0 Å². The van der Waals surface area contributed by atoms with Gasteiger partial charge >= 0.3 is 0 Å². The summed E-state index contributed by atoms with van der Waals surface area (Å²) in [5.41, 5.74) is 0.128. The molecule has 20 heavy (non-hydrogen) atoms. The minimum atomic E-state index is 0.128. The third-order valence-electron chi connectivity index (χ3n) is 3.54. The van der Waals surface area contributed by atoms with Gasteiger partial charge in [0, 0.05) is 49.1 Å². The van der Waals surface area contributed by atoms with Crippen LogP contribution in [-0.2, 0) is 16.8 Å². The summed E-state index contributed by atoms with van der Waals surface area (Å²) in [6.07, 6.45) is 3.74. The number of rotatable bonds is 5. The molecule has 0 saturated carbocycles. The molecule has 0 aliphatic carbocycles. The highest BCUT2D eigenvalue weighted by molar-refractivity contribution is 7.11. The van der Waals surface area contributed by atoms with Crippen molar-refractivity contribution in [2.75, 3.05) is 26.7 Å². The summed E-state index contributed by atoms with van der Waals surface area (Å²) >= 11 is 1.79. The van der Waals surface area contributed by atoms with Gasteiger partial charge in [-0.15, -0.1) is 11.3 Å². The first-order valence-electron chi connectivity index (χ1n) is 7.28. The molecule has 1 aromatic rings. The predicted octanol–water partition coefficient (Wildman–Crippen LogP) is 2.49. The molecule has 0 radical (unpaired) electrons. The number of carbonyl (C=O) groups excluding carboxylic acids is 1. The first kappa shape index (κ1) is 15.4. The van der Waals surface area contributed by atoms with Crippen LogP contribution in [0.25, 0.3) is 0 Å². The van der Waals surface area contributed by atoms with Crippen molar-refractivity contribution in [2.24, 2.45) is 0 Å². The minimum absolute atomic E-state index is 0.128. The molecular weight excluding hydrogens is 270 g/mol. The summed E-state index contributed by atoms with van der Waals surface area (Å²) in [6.45, 7) is 10.2. The first-order valence-corrected chi connectivity index (χ1v) is 8.09. The van der Waals surface area contributed by atoms with Gasteiger partial charge in [-0.2, -0.15) is 0 Å². The summed E-state index contributed by atoms with van der Waals surface area (Å²) in [7, 11) is 2.11. The van der Waals surface area contributed by atoms with Gasteiger partial charge in [-0.3, -0.25) is 9.69 Å². The highest BCUT2D eigenvalue weighted by Crippen LogP contribution is 2.27. The van der Waals surface area contributed by atoms with Crippen LogP contribution in [0.3, 0.4) is 0 Å². The smallest absolute Gasteiger partial charge is 0.222 e. The Hall–Kier alpha value is -0.940. The number of amides is 1. The standard InChI is InChI=1S/C15H25N3OS/c1-15(2,3)14-16-10-12(20-14)11-17(4)8-9-18-7-5-6-13(18)19/h10H,5-9,11H2,1-4H3. The van der Waals surface area contributed by atoms with Crippen molar-refractivity contribution in [3.63, 3.8) is 0 Å². The molecule has 1 aliphatic rings. The normalized spacial score (nSPS) is 16.4. The number of likely N-dealkylation sites (tertiary alicyclic amines) is 1. The van der Waals surface area contributed by atoms with E-state index in [1.807, 2.05) is 11.1 Å². The maximum atomic E-state index is 11.6. The monoisotopic (exact) mass is 295 g/mol. The van der Waals surface area contributed by atoms with Crippen LogP contribution in [-0.4, -0.2) is 47.4 Å². The Kier molecular flexibility index (Phi) is 4.81. The van der Waals surface area contributed by atoms with Crippen molar-refractivity contribution in [3.05, 3.63) is 16.1 Å². The van der Waals surface area contributed by atoms with Crippen LogP contribution in [0.1, 0.15) is 43.5 Å². The Balaban J connectivity index is 1.80. The highest BCUT2D eigenvalue weighted by atomic mass is 32.1. The van der Waals surface area contributed by atoms with E-state index >= 15 is 0 Å². The third-order valence-corrected chi connectivity index (χ3v) is 4.95. The lowest BCUT2D eigenvalue weighted by Gasteiger charge is -2.21. The zero-order chi connectivity index (χ0) is 14.8.